The monoisotopic (exact) mass is 401 g/mol. The number of carbonyl (C=O) groups is 1. The topological polar surface area (TPSA) is 102 Å². The van der Waals surface area contributed by atoms with E-state index < -0.39 is 0 Å². The van der Waals surface area contributed by atoms with Gasteiger partial charge >= 0.3 is 0 Å². The lowest BCUT2D eigenvalue weighted by molar-refractivity contribution is 0.0899. The first-order valence-electron chi connectivity index (χ1n) is 10.2. The van der Waals surface area contributed by atoms with E-state index in [1.54, 1.807) is 23.7 Å². The van der Waals surface area contributed by atoms with Crippen LogP contribution in [0.25, 0.3) is 0 Å². The van der Waals surface area contributed by atoms with Gasteiger partial charge in [0, 0.05) is 43.2 Å². The summed E-state index contributed by atoms with van der Waals surface area (Å²) >= 11 is 0. The molecular formula is C20H27N5O4. The molecule has 4 heterocycles. The highest BCUT2D eigenvalue weighted by Gasteiger charge is 2.24. The Morgan fingerprint density at radius 2 is 2.21 bits per heavy atom. The first kappa shape index (κ1) is 19.8. The van der Waals surface area contributed by atoms with E-state index in [1.807, 2.05) is 0 Å². The highest BCUT2D eigenvalue weighted by molar-refractivity contribution is 5.92. The minimum absolute atomic E-state index is 0.0856. The quantitative estimate of drug-likeness (QED) is 0.767. The summed E-state index contributed by atoms with van der Waals surface area (Å²) < 4.78 is 11.9. The minimum atomic E-state index is -0.220. The predicted molar refractivity (Wildman–Crippen MR) is 105 cm³/mol. The molecule has 0 radical (unpaired) electrons. The number of amides is 1. The van der Waals surface area contributed by atoms with Crippen LogP contribution in [-0.2, 0) is 24.3 Å². The van der Waals surface area contributed by atoms with Gasteiger partial charge in [0.2, 0.25) is 0 Å². The third kappa shape index (κ3) is 4.73. The first-order valence-corrected chi connectivity index (χ1v) is 10.2. The van der Waals surface area contributed by atoms with Gasteiger partial charge in [-0.25, -0.2) is 4.68 Å². The van der Waals surface area contributed by atoms with E-state index in [0.717, 1.165) is 50.0 Å². The molecule has 0 aliphatic carbocycles. The molecule has 1 N–H and O–H groups in total. The Balaban J connectivity index is 1.35. The highest BCUT2D eigenvalue weighted by Crippen LogP contribution is 2.17. The Bertz CT molecular complexity index is 922. The molecule has 0 saturated carbocycles. The molecule has 1 amide bonds. The van der Waals surface area contributed by atoms with Crippen LogP contribution in [0.3, 0.4) is 0 Å². The van der Waals surface area contributed by atoms with Crippen molar-refractivity contribution in [1.29, 1.82) is 0 Å². The predicted octanol–water partition coefficient (Wildman–Crippen LogP) is 0.897. The number of hydrogen-bond donors (Lipinski definition) is 1. The van der Waals surface area contributed by atoms with Gasteiger partial charge in [-0.2, -0.15) is 5.10 Å². The number of aromatic nitrogens is 3. The zero-order chi connectivity index (χ0) is 20.2. The van der Waals surface area contributed by atoms with Gasteiger partial charge in [-0.3, -0.25) is 14.5 Å². The molecule has 0 aromatic carbocycles. The van der Waals surface area contributed by atoms with E-state index in [9.17, 15) is 9.59 Å². The fraction of sp³-hybridized carbons (Fsp3) is 0.600. The Morgan fingerprint density at radius 1 is 1.31 bits per heavy atom. The third-order valence-corrected chi connectivity index (χ3v) is 5.61. The van der Waals surface area contributed by atoms with Crippen molar-refractivity contribution in [2.45, 2.75) is 51.8 Å². The fourth-order valence-electron chi connectivity index (χ4n) is 4.00. The summed E-state index contributed by atoms with van der Waals surface area (Å²) in [7, 11) is 0. The van der Waals surface area contributed by atoms with Crippen molar-refractivity contribution in [3.8, 4) is 0 Å². The second-order valence-corrected chi connectivity index (χ2v) is 7.70. The molecule has 0 bridgehead atoms. The molecular weight excluding hydrogens is 374 g/mol. The normalized spacial score (nSPS) is 19.7. The number of carbonyl (C=O) groups excluding carboxylic acids is 1. The van der Waals surface area contributed by atoms with Crippen LogP contribution in [0.2, 0.25) is 0 Å². The molecule has 2 aliphatic heterocycles. The molecule has 2 aliphatic rings. The van der Waals surface area contributed by atoms with Crippen LogP contribution >= 0.6 is 0 Å². The maximum Gasteiger partial charge on any atom is 0.273 e. The average molecular weight is 401 g/mol. The molecule has 2 aromatic rings. The molecule has 1 unspecified atom stereocenters. The molecule has 1 fully saturated rings. The SMILES string of the molecule is Cc1cc(C(=O)NCC2CCCCN2CCn2nc3c(cc2=O)COCC3)no1. The summed E-state index contributed by atoms with van der Waals surface area (Å²) in [6, 6.07) is 3.52. The lowest BCUT2D eigenvalue weighted by Crippen LogP contribution is -2.48. The minimum Gasteiger partial charge on any atom is -0.376 e. The number of rotatable bonds is 6. The van der Waals surface area contributed by atoms with E-state index in [0.29, 0.717) is 37.8 Å². The highest BCUT2D eigenvalue weighted by atomic mass is 16.5. The summed E-state index contributed by atoms with van der Waals surface area (Å²) in [5.41, 5.74) is 2.08. The van der Waals surface area contributed by atoms with Gasteiger partial charge in [0.25, 0.3) is 11.5 Å². The van der Waals surface area contributed by atoms with Crippen molar-refractivity contribution in [3.05, 3.63) is 45.2 Å². The van der Waals surface area contributed by atoms with Gasteiger partial charge in [0.15, 0.2) is 5.69 Å². The maximum atomic E-state index is 12.4. The molecule has 1 atom stereocenters. The number of ether oxygens (including phenoxy) is 1. The summed E-state index contributed by atoms with van der Waals surface area (Å²) in [6.45, 7) is 5.66. The Kier molecular flexibility index (Phi) is 6.05. The number of nitrogens with zero attached hydrogens (tertiary/aromatic N) is 4. The molecule has 9 heteroatoms. The van der Waals surface area contributed by atoms with Crippen LogP contribution in [0.15, 0.2) is 21.5 Å². The van der Waals surface area contributed by atoms with Crippen LogP contribution in [0.1, 0.15) is 46.8 Å². The van der Waals surface area contributed by atoms with E-state index in [4.69, 9.17) is 9.26 Å². The van der Waals surface area contributed by atoms with Crippen molar-refractivity contribution in [3.63, 3.8) is 0 Å². The van der Waals surface area contributed by atoms with Crippen LogP contribution in [0.5, 0.6) is 0 Å². The first-order chi connectivity index (χ1) is 14.1. The van der Waals surface area contributed by atoms with Crippen LogP contribution in [-0.4, -0.2) is 58.0 Å². The Morgan fingerprint density at radius 3 is 3.03 bits per heavy atom. The fourth-order valence-corrected chi connectivity index (χ4v) is 4.00. The summed E-state index contributed by atoms with van der Waals surface area (Å²) in [5, 5.41) is 11.3. The summed E-state index contributed by atoms with van der Waals surface area (Å²) in [5.74, 6) is 0.395. The molecule has 29 heavy (non-hydrogen) atoms. The largest absolute Gasteiger partial charge is 0.376 e. The average Bonchev–Trinajstić information content (AvgIpc) is 3.17. The van der Waals surface area contributed by atoms with Gasteiger partial charge in [0.1, 0.15) is 5.76 Å². The number of aryl methyl sites for hydroxylation is 1. The van der Waals surface area contributed by atoms with E-state index in [-0.39, 0.29) is 17.5 Å². The number of hydrogen-bond acceptors (Lipinski definition) is 7. The smallest absolute Gasteiger partial charge is 0.273 e. The molecule has 156 valence electrons. The third-order valence-electron chi connectivity index (χ3n) is 5.61. The van der Waals surface area contributed by atoms with Crippen molar-refractivity contribution in [2.24, 2.45) is 0 Å². The van der Waals surface area contributed by atoms with Gasteiger partial charge in [-0.05, 0) is 26.3 Å². The van der Waals surface area contributed by atoms with Crippen LogP contribution in [0.4, 0.5) is 0 Å². The molecule has 1 saturated heterocycles. The zero-order valence-corrected chi connectivity index (χ0v) is 16.7. The summed E-state index contributed by atoms with van der Waals surface area (Å²) in [6.07, 6.45) is 4.02. The standard InChI is InChI=1S/C20H27N5O4/c1-14-10-18(23-29-14)20(27)21-12-16-4-2-3-6-24(16)7-8-25-19(26)11-15-13-28-9-5-17(15)22-25/h10-11,16H,2-9,12-13H2,1H3,(H,21,27). The number of piperidine rings is 1. The number of nitrogens with one attached hydrogen (secondary N) is 1. The Labute approximate surface area is 169 Å². The second-order valence-electron chi connectivity index (χ2n) is 7.70. The van der Waals surface area contributed by atoms with Gasteiger partial charge in [0.05, 0.1) is 25.5 Å². The van der Waals surface area contributed by atoms with Gasteiger partial charge in [-0.15, -0.1) is 0 Å². The lowest BCUT2D eigenvalue weighted by Gasteiger charge is -2.35. The van der Waals surface area contributed by atoms with E-state index in [1.165, 1.54) is 0 Å². The van der Waals surface area contributed by atoms with Crippen molar-refractivity contribution in [2.75, 3.05) is 26.2 Å². The van der Waals surface area contributed by atoms with E-state index in [2.05, 4.69) is 20.5 Å². The van der Waals surface area contributed by atoms with E-state index >= 15 is 0 Å². The lowest BCUT2D eigenvalue weighted by atomic mass is 10.0. The van der Waals surface area contributed by atoms with Crippen molar-refractivity contribution < 1.29 is 14.1 Å². The molecule has 4 rings (SSSR count). The number of likely N-dealkylation sites (tertiary alicyclic amines) is 1. The molecule has 0 spiro atoms. The molecule has 9 nitrogen and oxygen atoms in total. The van der Waals surface area contributed by atoms with Crippen molar-refractivity contribution in [1.82, 2.24) is 25.2 Å². The van der Waals surface area contributed by atoms with Crippen LogP contribution < -0.4 is 10.9 Å². The maximum absolute atomic E-state index is 12.4. The number of fused-ring (bicyclic) bond motifs is 1. The summed E-state index contributed by atoms with van der Waals surface area (Å²) in [4.78, 5) is 27.0. The second kappa shape index (κ2) is 8.87. The molecule has 2 aromatic heterocycles. The van der Waals surface area contributed by atoms with Crippen molar-refractivity contribution >= 4 is 5.91 Å². The zero-order valence-electron chi connectivity index (χ0n) is 16.7. The van der Waals surface area contributed by atoms with Crippen LogP contribution in [0, 0.1) is 6.92 Å². The van der Waals surface area contributed by atoms with Gasteiger partial charge < -0.3 is 14.6 Å². The van der Waals surface area contributed by atoms with Gasteiger partial charge in [-0.1, -0.05) is 11.6 Å². The Hall–Kier alpha value is -2.52.